The second-order valence-electron chi connectivity index (χ2n) is 15.7. The Morgan fingerprint density at radius 1 is 0.605 bits per heavy atom. The summed E-state index contributed by atoms with van der Waals surface area (Å²) in [4.78, 5) is 26.7. The number of carbonyl (C=O) groups is 2. The van der Waals surface area contributed by atoms with Crippen LogP contribution in [-0.4, -0.2) is 37.2 Å². The molecule has 1 atom stereocenters. The monoisotopic (exact) mass is 618 g/mol. The number of hydrogen-bond donors (Lipinski definition) is 0. The van der Waals surface area contributed by atoms with E-state index in [9.17, 15) is 9.59 Å². The molecule has 43 heavy (non-hydrogen) atoms. The molecular weight excluding hydrogens is 552 g/mol. The maximum absolute atomic E-state index is 13.5. The van der Waals surface area contributed by atoms with Crippen LogP contribution in [0.25, 0.3) is 0 Å². The number of ether oxygens (including phenoxy) is 2. The predicted molar refractivity (Wildman–Crippen MR) is 180 cm³/mol. The molecule has 5 saturated carbocycles. The van der Waals surface area contributed by atoms with E-state index in [4.69, 9.17) is 9.47 Å². The molecule has 0 amide bonds. The van der Waals surface area contributed by atoms with Crippen molar-refractivity contribution in [1.29, 1.82) is 0 Å². The van der Waals surface area contributed by atoms with Crippen LogP contribution in [0.2, 0.25) is 0 Å². The lowest BCUT2D eigenvalue weighted by Crippen LogP contribution is -2.37. The molecule has 5 heteroatoms. The number of hydrogen-bond acceptors (Lipinski definition) is 5. The van der Waals surface area contributed by atoms with E-state index in [0.717, 1.165) is 74.0 Å². The number of esters is 2. The normalized spacial score (nSPS) is 36.5. The molecule has 5 aliphatic carbocycles. The van der Waals surface area contributed by atoms with Crippen LogP contribution in [0.1, 0.15) is 149 Å². The van der Waals surface area contributed by atoms with Gasteiger partial charge in [0, 0.05) is 0 Å². The molecule has 0 bridgehead atoms. The van der Waals surface area contributed by atoms with Crippen LogP contribution in [0, 0.1) is 53.3 Å². The van der Waals surface area contributed by atoms with Crippen molar-refractivity contribution in [2.45, 2.75) is 155 Å². The summed E-state index contributed by atoms with van der Waals surface area (Å²) in [6.45, 7) is 5.02. The van der Waals surface area contributed by atoms with Gasteiger partial charge in [0.2, 0.25) is 0 Å². The molecule has 4 nitrogen and oxygen atoms in total. The standard InChI is InChI=1S/C36H60O4.C2H6S/c1-25-8-12-27(13-9-25)29-16-18-32(19-17-29)35(37)39-24-34(31-6-4-3-5-7-31)36(38)40-33-22-20-30(21-23-33)28-14-10-26(2)11-15-28;1-3-2/h25-34H,3-24H2,1-2H3;1-2H3. The first-order valence-electron chi connectivity index (χ1n) is 18.6. The van der Waals surface area contributed by atoms with Crippen molar-refractivity contribution in [3.05, 3.63) is 0 Å². The van der Waals surface area contributed by atoms with Gasteiger partial charge >= 0.3 is 11.9 Å². The van der Waals surface area contributed by atoms with Crippen LogP contribution in [0.4, 0.5) is 0 Å². The molecule has 0 aliphatic heterocycles. The number of carbonyl (C=O) groups excluding carboxylic acids is 2. The molecule has 0 N–H and O–H groups in total. The second-order valence-corrected chi connectivity index (χ2v) is 16.5. The molecule has 5 aliphatic rings. The summed E-state index contributed by atoms with van der Waals surface area (Å²) in [7, 11) is 0. The number of thioether (sulfide) groups is 1. The van der Waals surface area contributed by atoms with Crippen molar-refractivity contribution in [3.63, 3.8) is 0 Å². The topological polar surface area (TPSA) is 52.6 Å². The molecule has 5 fully saturated rings. The minimum absolute atomic E-state index is 0.0276. The smallest absolute Gasteiger partial charge is 0.312 e. The van der Waals surface area contributed by atoms with Crippen LogP contribution in [-0.2, 0) is 19.1 Å². The van der Waals surface area contributed by atoms with Crippen LogP contribution >= 0.6 is 11.8 Å². The van der Waals surface area contributed by atoms with E-state index in [1.807, 2.05) is 12.5 Å². The first-order chi connectivity index (χ1) is 20.9. The molecule has 0 radical (unpaired) electrons. The van der Waals surface area contributed by atoms with E-state index in [1.165, 1.54) is 96.3 Å². The Kier molecular flexibility index (Phi) is 15.1. The fourth-order valence-corrected chi connectivity index (χ4v) is 9.49. The summed E-state index contributed by atoms with van der Waals surface area (Å²) in [6, 6.07) is 0. The Morgan fingerprint density at radius 2 is 1.02 bits per heavy atom. The third kappa shape index (κ3) is 11.0. The third-order valence-corrected chi connectivity index (χ3v) is 12.5. The maximum Gasteiger partial charge on any atom is 0.312 e. The Bertz CT molecular complexity index is 793. The molecule has 0 heterocycles. The van der Waals surface area contributed by atoms with Gasteiger partial charge in [-0.15, -0.1) is 0 Å². The molecule has 0 spiro atoms. The van der Waals surface area contributed by atoms with Crippen molar-refractivity contribution in [2.75, 3.05) is 19.1 Å². The number of rotatable bonds is 8. The van der Waals surface area contributed by atoms with Crippen LogP contribution in [0.5, 0.6) is 0 Å². The summed E-state index contributed by atoms with van der Waals surface area (Å²) in [5.74, 6) is 5.13. The molecule has 0 aromatic heterocycles. The third-order valence-electron chi connectivity index (χ3n) is 12.5. The van der Waals surface area contributed by atoms with Crippen LogP contribution in [0.15, 0.2) is 0 Å². The molecule has 0 aromatic carbocycles. The first kappa shape index (κ1) is 35.1. The van der Waals surface area contributed by atoms with Gasteiger partial charge in [-0.25, -0.2) is 0 Å². The summed E-state index contributed by atoms with van der Waals surface area (Å²) in [6.07, 6.45) is 29.7. The lowest BCUT2D eigenvalue weighted by Gasteiger charge is -2.38. The molecule has 248 valence electrons. The molecular formula is C38H66O4S. The van der Waals surface area contributed by atoms with Gasteiger partial charge in [-0.3, -0.25) is 9.59 Å². The fraction of sp³-hybridized carbons (Fsp3) is 0.947. The van der Waals surface area contributed by atoms with Crippen molar-refractivity contribution < 1.29 is 19.1 Å². The van der Waals surface area contributed by atoms with E-state index in [-0.39, 0.29) is 36.5 Å². The Morgan fingerprint density at radius 3 is 1.49 bits per heavy atom. The van der Waals surface area contributed by atoms with Gasteiger partial charge in [0.05, 0.1) is 11.8 Å². The van der Waals surface area contributed by atoms with Gasteiger partial charge in [0.1, 0.15) is 12.7 Å². The van der Waals surface area contributed by atoms with Gasteiger partial charge in [0.25, 0.3) is 0 Å². The Labute approximate surface area is 269 Å². The van der Waals surface area contributed by atoms with E-state index in [1.54, 1.807) is 11.8 Å². The van der Waals surface area contributed by atoms with E-state index < -0.39 is 0 Å². The first-order valence-corrected chi connectivity index (χ1v) is 20.3. The molecule has 0 aromatic rings. The van der Waals surface area contributed by atoms with Gasteiger partial charge in [-0.2, -0.15) is 11.8 Å². The zero-order chi connectivity index (χ0) is 30.6. The van der Waals surface area contributed by atoms with E-state index in [0.29, 0.717) is 5.92 Å². The predicted octanol–water partition coefficient (Wildman–Crippen LogP) is 10.3. The zero-order valence-corrected chi connectivity index (χ0v) is 29.2. The highest BCUT2D eigenvalue weighted by Crippen LogP contribution is 2.43. The largest absolute Gasteiger partial charge is 0.465 e. The van der Waals surface area contributed by atoms with Gasteiger partial charge in [-0.05, 0) is 144 Å². The second kappa shape index (κ2) is 18.4. The molecule has 0 saturated heterocycles. The van der Waals surface area contributed by atoms with Crippen molar-refractivity contribution in [2.24, 2.45) is 53.3 Å². The lowest BCUT2D eigenvalue weighted by molar-refractivity contribution is -0.165. The van der Waals surface area contributed by atoms with Gasteiger partial charge < -0.3 is 9.47 Å². The van der Waals surface area contributed by atoms with Crippen LogP contribution in [0.3, 0.4) is 0 Å². The summed E-state index contributed by atoms with van der Waals surface area (Å²) in [5, 5.41) is 0. The van der Waals surface area contributed by atoms with Crippen molar-refractivity contribution >= 4 is 23.7 Å². The zero-order valence-electron chi connectivity index (χ0n) is 28.4. The highest BCUT2D eigenvalue weighted by molar-refractivity contribution is 7.97. The fourth-order valence-electron chi connectivity index (χ4n) is 9.49. The lowest BCUT2D eigenvalue weighted by atomic mass is 9.69. The van der Waals surface area contributed by atoms with Crippen LogP contribution < -0.4 is 0 Å². The quantitative estimate of drug-likeness (QED) is 0.253. The van der Waals surface area contributed by atoms with Gasteiger partial charge in [0.15, 0.2) is 0 Å². The Balaban J connectivity index is 0.00000135. The minimum atomic E-state index is -0.276. The van der Waals surface area contributed by atoms with Crippen molar-refractivity contribution in [3.8, 4) is 0 Å². The SMILES string of the molecule is CC1CCC(C2CCC(OC(=O)C(COC(=O)C3CCC(C4CCC(C)CC4)CC3)C3CCCCC3)CC2)CC1.CSC. The summed E-state index contributed by atoms with van der Waals surface area (Å²) >= 11 is 1.75. The van der Waals surface area contributed by atoms with Gasteiger partial charge in [-0.1, -0.05) is 58.8 Å². The molecule has 5 rings (SSSR count). The summed E-state index contributed by atoms with van der Waals surface area (Å²) < 4.78 is 12.2. The maximum atomic E-state index is 13.5. The average molecular weight is 619 g/mol. The minimum Gasteiger partial charge on any atom is -0.465 e. The van der Waals surface area contributed by atoms with E-state index >= 15 is 0 Å². The van der Waals surface area contributed by atoms with Crippen molar-refractivity contribution in [1.82, 2.24) is 0 Å². The summed E-state index contributed by atoms with van der Waals surface area (Å²) in [5.41, 5.74) is 0. The highest BCUT2D eigenvalue weighted by Gasteiger charge is 2.37. The Hall–Kier alpha value is -0.710. The van der Waals surface area contributed by atoms with E-state index in [2.05, 4.69) is 13.8 Å². The highest BCUT2D eigenvalue weighted by atomic mass is 32.2. The average Bonchev–Trinajstić information content (AvgIpc) is 3.03. The molecule has 1 unspecified atom stereocenters.